The molecule has 6 heteroatoms. The summed E-state index contributed by atoms with van der Waals surface area (Å²) < 4.78 is 4.86. The first-order valence-electron chi connectivity index (χ1n) is 16.4. The van der Waals surface area contributed by atoms with E-state index in [1.165, 1.54) is 22.5 Å². The number of nitrogens with zero attached hydrogens (tertiary/aromatic N) is 3. The Bertz CT molecular complexity index is 2560. The van der Waals surface area contributed by atoms with Crippen LogP contribution in [-0.4, -0.2) is 9.13 Å². The first kappa shape index (κ1) is 29.6. The van der Waals surface area contributed by atoms with Gasteiger partial charge in [-0.25, -0.2) is 4.99 Å². The zero-order valence-electron chi connectivity index (χ0n) is 26.5. The Morgan fingerprint density at radius 3 is 2.12 bits per heavy atom. The molecule has 0 N–H and O–H groups in total. The molecule has 0 amide bonds. The van der Waals surface area contributed by atoms with Crippen molar-refractivity contribution in [2.24, 2.45) is 4.99 Å². The minimum absolute atomic E-state index is 0.0400. The monoisotopic (exact) mass is 671 g/mol. The van der Waals surface area contributed by atoms with Gasteiger partial charge in [0.1, 0.15) is 0 Å². The summed E-state index contributed by atoms with van der Waals surface area (Å²) in [6, 6.07) is 49.6. The number of para-hydroxylation sites is 1. The largest absolute Gasteiger partial charge is 0.309 e. The molecule has 9 rings (SSSR count). The molecule has 3 heterocycles. The highest BCUT2D eigenvalue weighted by Crippen LogP contribution is 2.42. The Kier molecular flexibility index (Phi) is 7.37. The Balaban J connectivity index is 1.32. The maximum absolute atomic E-state index is 14.7. The number of thiazole rings is 1. The number of rotatable bonds is 5. The predicted molar refractivity (Wildman–Crippen MR) is 201 cm³/mol. The zero-order valence-corrected chi connectivity index (χ0v) is 28.0. The highest BCUT2D eigenvalue weighted by molar-refractivity contribution is 7.07. The second-order valence-electron chi connectivity index (χ2n) is 12.4. The SMILES string of the molecule is O=c1/c(=C\c2cc(-c3ccccc3)n(-c3ccccc3)c2-c2ccccc2)sc2n1[C@H](c1ccc(Cl)cc1)C1=C(N=2)c2ccccc2CC1. The smallest absolute Gasteiger partial charge is 0.271 e. The van der Waals surface area contributed by atoms with E-state index in [0.29, 0.717) is 14.4 Å². The molecule has 0 radical (unpaired) electrons. The summed E-state index contributed by atoms with van der Waals surface area (Å²) in [7, 11) is 0. The summed E-state index contributed by atoms with van der Waals surface area (Å²) in [5.41, 5.74) is 11.9. The average molecular weight is 672 g/mol. The number of hydrogen-bond donors (Lipinski definition) is 0. The molecule has 0 unspecified atom stereocenters. The molecule has 2 aliphatic rings. The lowest BCUT2D eigenvalue weighted by Gasteiger charge is -2.30. The van der Waals surface area contributed by atoms with Crippen LogP contribution in [0.5, 0.6) is 0 Å². The number of hydrogen-bond acceptors (Lipinski definition) is 3. The third-order valence-electron chi connectivity index (χ3n) is 9.51. The number of aromatic nitrogens is 2. The first-order chi connectivity index (χ1) is 24.1. The van der Waals surface area contributed by atoms with Gasteiger partial charge in [-0.3, -0.25) is 9.36 Å². The van der Waals surface area contributed by atoms with Crippen LogP contribution in [0.15, 0.2) is 161 Å². The molecule has 1 aliphatic carbocycles. The van der Waals surface area contributed by atoms with Crippen LogP contribution in [-0.2, 0) is 6.42 Å². The normalized spacial score (nSPS) is 15.4. The van der Waals surface area contributed by atoms with Gasteiger partial charge < -0.3 is 4.57 Å². The minimum atomic E-state index is -0.263. The van der Waals surface area contributed by atoms with Crippen molar-refractivity contribution < 1.29 is 0 Å². The van der Waals surface area contributed by atoms with E-state index in [2.05, 4.69) is 114 Å². The van der Waals surface area contributed by atoms with Gasteiger partial charge in [-0.15, -0.1) is 0 Å². The van der Waals surface area contributed by atoms with Crippen LogP contribution in [0.1, 0.15) is 34.7 Å². The molecule has 2 aromatic heterocycles. The van der Waals surface area contributed by atoms with Gasteiger partial charge in [-0.1, -0.05) is 138 Å². The van der Waals surface area contributed by atoms with Gasteiger partial charge in [0.15, 0.2) is 4.80 Å². The van der Waals surface area contributed by atoms with Gasteiger partial charge in [0, 0.05) is 21.8 Å². The summed E-state index contributed by atoms with van der Waals surface area (Å²) in [4.78, 5) is 20.6. The molecule has 0 fully saturated rings. The first-order valence-corrected chi connectivity index (χ1v) is 17.6. The Labute approximate surface area is 292 Å². The molecular weight excluding hydrogens is 642 g/mol. The van der Waals surface area contributed by atoms with Gasteiger partial charge in [0.2, 0.25) is 0 Å². The zero-order chi connectivity index (χ0) is 32.9. The van der Waals surface area contributed by atoms with E-state index in [0.717, 1.165) is 63.4 Å². The van der Waals surface area contributed by atoms with Crippen molar-refractivity contribution in [3.63, 3.8) is 0 Å². The van der Waals surface area contributed by atoms with Gasteiger partial charge in [0.05, 0.1) is 27.7 Å². The van der Waals surface area contributed by atoms with Crippen molar-refractivity contribution in [3.8, 4) is 28.2 Å². The number of allylic oxidation sites excluding steroid dienone is 1. The highest BCUT2D eigenvalue weighted by atomic mass is 35.5. The molecular formula is C43H30ClN3OS. The van der Waals surface area contributed by atoms with Gasteiger partial charge in [-0.05, 0) is 77.1 Å². The van der Waals surface area contributed by atoms with Crippen LogP contribution in [0.2, 0.25) is 5.02 Å². The lowest BCUT2D eigenvalue weighted by Crippen LogP contribution is -2.38. The quantitative estimate of drug-likeness (QED) is 0.180. The van der Waals surface area contributed by atoms with E-state index >= 15 is 0 Å². The van der Waals surface area contributed by atoms with Crippen LogP contribution in [0.4, 0.5) is 0 Å². The molecule has 236 valence electrons. The average Bonchev–Trinajstić information content (AvgIpc) is 3.69. The van der Waals surface area contributed by atoms with Gasteiger partial charge >= 0.3 is 0 Å². The van der Waals surface area contributed by atoms with Crippen LogP contribution in [0.3, 0.4) is 0 Å². The summed E-state index contributed by atoms with van der Waals surface area (Å²) in [6.07, 6.45) is 3.81. The Hall–Kier alpha value is -5.49. The van der Waals surface area contributed by atoms with Crippen molar-refractivity contribution in [1.29, 1.82) is 0 Å². The molecule has 49 heavy (non-hydrogen) atoms. The molecule has 0 bridgehead atoms. The van der Waals surface area contributed by atoms with Crippen LogP contribution in [0.25, 0.3) is 40.0 Å². The van der Waals surface area contributed by atoms with E-state index in [9.17, 15) is 4.79 Å². The van der Waals surface area contributed by atoms with E-state index in [4.69, 9.17) is 16.6 Å². The van der Waals surface area contributed by atoms with Crippen LogP contribution < -0.4 is 14.9 Å². The molecule has 4 nitrogen and oxygen atoms in total. The van der Waals surface area contributed by atoms with E-state index in [1.807, 2.05) is 47.0 Å². The lowest BCUT2D eigenvalue weighted by molar-refractivity contribution is 0.585. The fraction of sp³-hybridized carbons (Fsp3) is 0.0698. The fourth-order valence-electron chi connectivity index (χ4n) is 7.31. The molecule has 0 saturated carbocycles. The second-order valence-corrected chi connectivity index (χ2v) is 13.8. The van der Waals surface area contributed by atoms with Crippen molar-refractivity contribution in [2.75, 3.05) is 0 Å². The molecule has 1 atom stereocenters. The fourth-order valence-corrected chi connectivity index (χ4v) is 8.42. The van der Waals surface area contributed by atoms with Gasteiger partial charge in [0.25, 0.3) is 5.56 Å². The van der Waals surface area contributed by atoms with Crippen LogP contribution in [0, 0.1) is 0 Å². The summed E-state index contributed by atoms with van der Waals surface area (Å²) in [5, 5.41) is 0.671. The number of benzene rings is 5. The van der Waals surface area contributed by atoms with Crippen molar-refractivity contribution >= 4 is 34.7 Å². The van der Waals surface area contributed by atoms with E-state index in [1.54, 1.807) is 0 Å². The van der Waals surface area contributed by atoms with E-state index in [-0.39, 0.29) is 11.6 Å². The molecule has 0 saturated heterocycles. The Morgan fingerprint density at radius 1 is 0.735 bits per heavy atom. The summed E-state index contributed by atoms with van der Waals surface area (Å²) in [6.45, 7) is 0. The number of fused-ring (bicyclic) bond motifs is 3. The van der Waals surface area contributed by atoms with Crippen LogP contribution >= 0.6 is 22.9 Å². The number of aryl methyl sites for hydroxylation is 1. The molecule has 5 aromatic carbocycles. The molecule has 7 aromatic rings. The van der Waals surface area contributed by atoms with Crippen molar-refractivity contribution in [2.45, 2.75) is 18.9 Å². The predicted octanol–water partition coefficient (Wildman–Crippen LogP) is 9.10. The van der Waals surface area contributed by atoms with E-state index < -0.39 is 0 Å². The number of halogens is 1. The third kappa shape index (κ3) is 5.14. The lowest BCUT2D eigenvalue weighted by atomic mass is 9.83. The maximum Gasteiger partial charge on any atom is 0.271 e. The molecule has 0 spiro atoms. The van der Waals surface area contributed by atoms with Crippen molar-refractivity contribution in [1.82, 2.24) is 9.13 Å². The maximum atomic E-state index is 14.7. The minimum Gasteiger partial charge on any atom is -0.309 e. The molecule has 1 aliphatic heterocycles. The van der Waals surface area contributed by atoms with Crippen molar-refractivity contribution in [3.05, 3.63) is 198 Å². The summed E-state index contributed by atoms with van der Waals surface area (Å²) in [5.74, 6) is 0. The third-order valence-corrected chi connectivity index (χ3v) is 10.7. The highest BCUT2D eigenvalue weighted by Gasteiger charge is 2.32. The standard InChI is InChI=1S/C43H30ClN3OS/c44-33-23-20-31(21-24-33)41-36-25-22-28-12-10-11-19-35(28)39(36)45-43-47(41)42(48)38(49-43)27-32-26-37(29-13-4-1-5-14-29)46(34-17-8-3-9-18-34)40(32)30-15-6-2-7-16-30/h1-21,23-24,26-27,41H,22,25H2/b38-27+/t41-/m1/s1. The Morgan fingerprint density at radius 2 is 1.39 bits per heavy atom. The summed E-state index contributed by atoms with van der Waals surface area (Å²) >= 11 is 7.80. The van der Waals surface area contributed by atoms with Gasteiger partial charge in [-0.2, -0.15) is 0 Å². The topological polar surface area (TPSA) is 39.3 Å². The second kappa shape index (κ2) is 12.2.